The minimum absolute atomic E-state index is 0. The normalized spacial score (nSPS) is 17.1. The first-order valence-electron chi connectivity index (χ1n) is 7.34. The predicted molar refractivity (Wildman–Crippen MR) is 93.0 cm³/mol. The van der Waals surface area contributed by atoms with Gasteiger partial charge in [-0.1, -0.05) is 11.6 Å². The van der Waals surface area contributed by atoms with E-state index in [0.29, 0.717) is 23.4 Å². The highest BCUT2D eigenvalue weighted by Crippen LogP contribution is 2.34. The molecular formula is C16H20Cl2N2O3. The van der Waals surface area contributed by atoms with Crippen LogP contribution in [0.3, 0.4) is 0 Å². The molecule has 0 spiro atoms. The highest BCUT2D eigenvalue weighted by atomic mass is 35.5. The van der Waals surface area contributed by atoms with E-state index in [4.69, 9.17) is 21.1 Å². The molecule has 3 rings (SSSR count). The summed E-state index contributed by atoms with van der Waals surface area (Å²) in [7, 11) is 3.16. The monoisotopic (exact) mass is 358 g/mol. The summed E-state index contributed by atoms with van der Waals surface area (Å²) < 4.78 is 12.5. The van der Waals surface area contributed by atoms with Gasteiger partial charge in [-0.05, 0) is 37.6 Å². The van der Waals surface area contributed by atoms with E-state index in [1.807, 2.05) is 6.07 Å². The average Bonchev–Trinajstić information content (AvgIpc) is 3.14. The lowest BCUT2D eigenvalue weighted by molar-refractivity contribution is 0.0590. The summed E-state index contributed by atoms with van der Waals surface area (Å²) in [6.45, 7) is 1.65. The maximum atomic E-state index is 11.9. The van der Waals surface area contributed by atoms with Gasteiger partial charge in [0.25, 0.3) is 0 Å². The van der Waals surface area contributed by atoms with Crippen LogP contribution in [0.15, 0.2) is 18.2 Å². The molecule has 1 atom stereocenters. The Kier molecular flexibility index (Phi) is 5.79. The van der Waals surface area contributed by atoms with Crippen LogP contribution in [-0.4, -0.2) is 36.8 Å². The maximum absolute atomic E-state index is 11.9. The zero-order valence-corrected chi connectivity index (χ0v) is 14.7. The Hall–Kier alpha value is -1.43. The summed E-state index contributed by atoms with van der Waals surface area (Å²) in [5.41, 5.74) is 1.23. The molecule has 1 fully saturated rings. The zero-order chi connectivity index (χ0) is 15.7. The Balaban J connectivity index is 0.00000192. The third-order valence-corrected chi connectivity index (χ3v) is 4.41. The molecule has 0 amide bonds. The molecule has 1 aromatic carbocycles. The Morgan fingerprint density at radius 1 is 1.48 bits per heavy atom. The van der Waals surface area contributed by atoms with E-state index >= 15 is 0 Å². The number of carbonyl (C=O) groups excluding carboxylic acids is 1. The summed E-state index contributed by atoms with van der Waals surface area (Å²) in [4.78, 5) is 11.9. The van der Waals surface area contributed by atoms with Crippen LogP contribution in [0.4, 0.5) is 0 Å². The van der Waals surface area contributed by atoms with Crippen LogP contribution in [0.5, 0.6) is 5.75 Å². The van der Waals surface area contributed by atoms with Crippen molar-refractivity contribution < 1.29 is 14.3 Å². The van der Waals surface area contributed by atoms with Gasteiger partial charge in [-0.25, -0.2) is 4.79 Å². The van der Waals surface area contributed by atoms with Gasteiger partial charge in [-0.3, -0.25) is 0 Å². The Bertz CT molecular complexity index is 709. The zero-order valence-electron chi connectivity index (χ0n) is 13.1. The topological polar surface area (TPSA) is 52.5 Å². The summed E-state index contributed by atoms with van der Waals surface area (Å²) in [5, 5.41) is 4.81. The van der Waals surface area contributed by atoms with Crippen molar-refractivity contribution in [1.82, 2.24) is 9.88 Å². The number of benzene rings is 1. The fraction of sp³-hybridized carbons (Fsp3) is 0.438. The van der Waals surface area contributed by atoms with Crippen molar-refractivity contribution in [2.75, 3.05) is 20.3 Å². The van der Waals surface area contributed by atoms with Crippen molar-refractivity contribution in [2.45, 2.75) is 18.9 Å². The lowest BCUT2D eigenvalue weighted by Gasteiger charge is -2.13. The molecule has 1 saturated heterocycles. The number of nitrogens with one attached hydrogen (secondary N) is 1. The van der Waals surface area contributed by atoms with Crippen LogP contribution in [0.25, 0.3) is 10.9 Å². The van der Waals surface area contributed by atoms with Gasteiger partial charge in [0.05, 0.1) is 17.6 Å². The van der Waals surface area contributed by atoms with Gasteiger partial charge in [0.2, 0.25) is 0 Å². The summed E-state index contributed by atoms with van der Waals surface area (Å²) in [6, 6.07) is 5.79. The largest absolute Gasteiger partial charge is 0.491 e. The Morgan fingerprint density at radius 2 is 2.26 bits per heavy atom. The van der Waals surface area contributed by atoms with Crippen LogP contribution in [0, 0.1) is 0 Å². The Labute approximate surface area is 146 Å². The quantitative estimate of drug-likeness (QED) is 0.852. The molecule has 2 heterocycles. The van der Waals surface area contributed by atoms with Crippen LogP contribution in [0.2, 0.25) is 5.02 Å². The van der Waals surface area contributed by atoms with E-state index in [1.165, 1.54) is 13.5 Å². The number of hydrogen-bond donors (Lipinski definition) is 1. The smallest absolute Gasteiger partial charge is 0.354 e. The van der Waals surface area contributed by atoms with Gasteiger partial charge in [-0.2, -0.15) is 0 Å². The van der Waals surface area contributed by atoms with Crippen LogP contribution >= 0.6 is 24.0 Å². The minimum atomic E-state index is -0.391. The molecule has 1 aliphatic rings. The lowest BCUT2D eigenvalue weighted by atomic mass is 10.2. The highest BCUT2D eigenvalue weighted by molar-refractivity contribution is 6.35. The number of carbonyl (C=O) groups is 1. The third-order valence-electron chi connectivity index (χ3n) is 4.10. The number of fused-ring (bicyclic) bond motifs is 1. The van der Waals surface area contributed by atoms with Gasteiger partial charge in [0.15, 0.2) is 0 Å². The number of halogens is 2. The molecule has 1 aromatic heterocycles. The first-order valence-corrected chi connectivity index (χ1v) is 7.72. The maximum Gasteiger partial charge on any atom is 0.354 e. The molecule has 1 N–H and O–H groups in total. The van der Waals surface area contributed by atoms with Gasteiger partial charge in [0, 0.05) is 18.5 Å². The highest BCUT2D eigenvalue weighted by Gasteiger charge is 2.20. The van der Waals surface area contributed by atoms with Crippen molar-refractivity contribution in [3.63, 3.8) is 0 Å². The number of nitrogens with zero attached hydrogens (tertiary/aromatic N) is 1. The van der Waals surface area contributed by atoms with Crippen LogP contribution in [-0.2, 0) is 11.8 Å². The minimum Gasteiger partial charge on any atom is -0.491 e. The summed E-state index contributed by atoms with van der Waals surface area (Å²) in [5.74, 6) is 0.344. The van der Waals surface area contributed by atoms with Crippen molar-refractivity contribution in [3.05, 3.63) is 28.9 Å². The average molecular weight is 359 g/mol. The second-order valence-corrected chi connectivity index (χ2v) is 5.90. The first kappa shape index (κ1) is 17.9. The lowest BCUT2D eigenvalue weighted by Crippen LogP contribution is -2.28. The molecule has 126 valence electrons. The van der Waals surface area contributed by atoms with Gasteiger partial charge in [-0.15, -0.1) is 12.4 Å². The molecule has 0 aliphatic carbocycles. The number of aromatic nitrogens is 1. The molecule has 5 nitrogen and oxygen atoms in total. The molecular weight excluding hydrogens is 339 g/mol. The van der Waals surface area contributed by atoms with E-state index in [0.717, 1.165) is 29.6 Å². The first-order chi connectivity index (χ1) is 10.6. The molecule has 0 saturated carbocycles. The van der Waals surface area contributed by atoms with Gasteiger partial charge >= 0.3 is 5.97 Å². The molecule has 0 unspecified atom stereocenters. The van der Waals surface area contributed by atoms with Crippen molar-refractivity contribution in [3.8, 4) is 5.75 Å². The fourth-order valence-electron chi connectivity index (χ4n) is 2.91. The number of ether oxygens (including phenoxy) is 2. The fourth-order valence-corrected chi connectivity index (χ4v) is 3.20. The number of hydrogen-bond acceptors (Lipinski definition) is 4. The molecule has 0 radical (unpaired) electrons. The standard InChI is InChI=1S/C16H19ClN2O3.ClH/c1-19-13(16(20)21-2)8-11-14(6-5-12(17)15(11)19)22-9-10-4-3-7-18-10;/h5-6,8,10,18H,3-4,7,9H2,1-2H3;1H/t10-;/m0./s1. The second-order valence-electron chi connectivity index (χ2n) is 5.49. The van der Waals surface area contributed by atoms with Gasteiger partial charge in [0.1, 0.15) is 18.1 Å². The summed E-state index contributed by atoms with van der Waals surface area (Å²) in [6.07, 6.45) is 2.31. The summed E-state index contributed by atoms with van der Waals surface area (Å²) >= 11 is 6.28. The van der Waals surface area contributed by atoms with Crippen molar-refractivity contribution >= 4 is 40.9 Å². The van der Waals surface area contributed by atoms with Crippen molar-refractivity contribution in [1.29, 1.82) is 0 Å². The predicted octanol–water partition coefficient (Wildman–Crippen LogP) is 3.17. The van der Waals surface area contributed by atoms with E-state index < -0.39 is 5.97 Å². The van der Waals surface area contributed by atoms with E-state index in [9.17, 15) is 4.79 Å². The van der Waals surface area contributed by atoms with E-state index in [1.54, 1.807) is 23.7 Å². The van der Waals surface area contributed by atoms with Crippen LogP contribution < -0.4 is 10.1 Å². The number of esters is 1. The number of methoxy groups -OCH3 is 1. The van der Waals surface area contributed by atoms with Crippen LogP contribution in [0.1, 0.15) is 23.3 Å². The van der Waals surface area contributed by atoms with Gasteiger partial charge < -0.3 is 19.4 Å². The van der Waals surface area contributed by atoms with Crippen molar-refractivity contribution in [2.24, 2.45) is 7.05 Å². The molecule has 2 aromatic rings. The molecule has 7 heteroatoms. The van der Waals surface area contributed by atoms with E-state index in [-0.39, 0.29) is 12.4 Å². The number of aryl methyl sites for hydroxylation is 1. The third kappa shape index (κ3) is 3.42. The van der Waals surface area contributed by atoms with E-state index in [2.05, 4.69) is 5.32 Å². The molecule has 23 heavy (non-hydrogen) atoms. The second kappa shape index (κ2) is 7.43. The SMILES string of the molecule is COC(=O)c1cc2c(OC[C@@H]3CCCN3)ccc(Cl)c2n1C.Cl. The Morgan fingerprint density at radius 3 is 2.91 bits per heavy atom. The molecule has 0 bridgehead atoms. The number of rotatable bonds is 4. The molecule has 1 aliphatic heterocycles.